The van der Waals surface area contributed by atoms with Crippen LogP contribution >= 0.6 is 0 Å². The van der Waals surface area contributed by atoms with Gasteiger partial charge in [0.1, 0.15) is 11.5 Å². The lowest BCUT2D eigenvalue weighted by molar-refractivity contribution is -0.132. The van der Waals surface area contributed by atoms with Crippen LogP contribution in [-0.2, 0) is 11.2 Å². The SMILES string of the molecule is COc1ccc(N2CCN(C(=O)Cc3cc(C)no3)CC2(C)C)cc1. The molecule has 3 rings (SSSR count). The van der Waals surface area contributed by atoms with Gasteiger partial charge in [-0.25, -0.2) is 0 Å². The van der Waals surface area contributed by atoms with Gasteiger partial charge in [-0.05, 0) is 45.0 Å². The van der Waals surface area contributed by atoms with E-state index in [0.717, 1.165) is 23.7 Å². The van der Waals surface area contributed by atoms with Crippen molar-refractivity contribution in [2.24, 2.45) is 0 Å². The standard InChI is InChI=1S/C19H25N3O3/c1-14-11-17(25-20-14)12-18(23)21-9-10-22(19(2,3)13-21)15-5-7-16(24-4)8-6-15/h5-8,11H,9-10,12-13H2,1-4H3. The second kappa shape index (κ2) is 6.78. The molecule has 1 aliphatic heterocycles. The molecule has 0 spiro atoms. The number of nitrogens with zero attached hydrogens (tertiary/aromatic N) is 3. The Morgan fingerprint density at radius 2 is 2.00 bits per heavy atom. The van der Waals surface area contributed by atoms with Crippen LogP contribution in [0.4, 0.5) is 5.69 Å². The first-order valence-electron chi connectivity index (χ1n) is 8.51. The van der Waals surface area contributed by atoms with Gasteiger partial charge >= 0.3 is 0 Å². The summed E-state index contributed by atoms with van der Waals surface area (Å²) in [6, 6.07) is 9.88. The van der Waals surface area contributed by atoms with E-state index in [2.05, 4.69) is 36.0 Å². The Balaban J connectivity index is 1.67. The third kappa shape index (κ3) is 3.78. The number of aryl methyl sites for hydroxylation is 1. The lowest BCUT2D eigenvalue weighted by Crippen LogP contribution is -2.61. The molecule has 6 nitrogen and oxygen atoms in total. The summed E-state index contributed by atoms with van der Waals surface area (Å²) in [7, 11) is 1.67. The number of aromatic nitrogens is 1. The van der Waals surface area contributed by atoms with E-state index in [0.29, 0.717) is 18.8 Å². The van der Waals surface area contributed by atoms with Crippen molar-refractivity contribution in [3.63, 3.8) is 0 Å². The van der Waals surface area contributed by atoms with Crippen molar-refractivity contribution >= 4 is 11.6 Å². The molecule has 25 heavy (non-hydrogen) atoms. The molecule has 134 valence electrons. The Morgan fingerprint density at radius 3 is 2.56 bits per heavy atom. The predicted octanol–water partition coefficient (Wildman–Crippen LogP) is 2.66. The lowest BCUT2D eigenvalue weighted by atomic mass is 9.97. The fourth-order valence-corrected chi connectivity index (χ4v) is 3.37. The maximum atomic E-state index is 12.6. The van der Waals surface area contributed by atoms with Gasteiger partial charge in [-0.3, -0.25) is 4.79 Å². The number of methoxy groups -OCH3 is 1. The van der Waals surface area contributed by atoms with Crippen LogP contribution in [0.2, 0.25) is 0 Å². The Bertz CT molecular complexity index is 737. The Morgan fingerprint density at radius 1 is 1.28 bits per heavy atom. The van der Waals surface area contributed by atoms with Crippen LogP contribution in [-0.4, -0.2) is 48.2 Å². The number of piperazine rings is 1. The molecule has 1 fully saturated rings. The highest BCUT2D eigenvalue weighted by molar-refractivity contribution is 5.78. The number of hydrogen-bond acceptors (Lipinski definition) is 5. The van der Waals surface area contributed by atoms with Gasteiger partial charge in [0.25, 0.3) is 0 Å². The summed E-state index contributed by atoms with van der Waals surface area (Å²) in [5.74, 6) is 1.55. The summed E-state index contributed by atoms with van der Waals surface area (Å²) in [5, 5.41) is 3.85. The first-order chi connectivity index (χ1) is 11.9. The molecule has 1 aliphatic rings. The van der Waals surface area contributed by atoms with E-state index in [4.69, 9.17) is 9.26 Å². The van der Waals surface area contributed by atoms with Gasteiger partial charge in [0.05, 0.1) is 24.8 Å². The number of benzene rings is 1. The van der Waals surface area contributed by atoms with Gasteiger partial charge in [0.2, 0.25) is 5.91 Å². The number of carbonyl (C=O) groups is 1. The highest BCUT2D eigenvalue weighted by Gasteiger charge is 2.35. The van der Waals surface area contributed by atoms with Crippen molar-refractivity contribution in [1.82, 2.24) is 10.1 Å². The minimum atomic E-state index is -0.153. The first-order valence-corrected chi connectivity index (χ1v) is 8.51. The molecule has 6 heteroatoms. The number of hydrogen-bond donors (Lipinski definition) is 0. The van der Waals surface area contributed by atoms with Crippen molar-refractivity contribution in [3.8, 4) is 5.75 Å². The van der Waals surface area contributed by atoms with Gasteiger partial charge in [-0.2, -0.15) is 0 Å². The van der Waals surface area contributed by atoms with Gasteiger partial charge in [0.15, 0.2) is 0 Å². The molecule has 0 N–H and O–H groups in total. The van der Waals surface area contributed by atoms with Crippen LogP contribution in [0.5, 0.6) is 5.75 Å². The normalized spacial score (nSPS) is 16.8. The van der Waals surface area contributed by atoms with E-state index < -0.39 is 0 Å². The Hall–Kier alpha value is -2.50. The number of ether oxygens (including phenoxy) is 1. The molecule has 0 radical (unpaired) electrons. The molecule has 1 saturated heterocycles. The zero-order valence-electron chi connectivity index (χ0n) is 15.3. The summed E-state index contributed by atoms with van der Waals surface area (Å²) in [5.41, 5.74) is 1.79. The van der Waals surface area contributed by atoms with Crippen molar-refractivity contribution in [2.45, 2.75) is 32.7 Å². The molecule has 0 unspecified atom stereocenters. The number of amides is 1. The van der Waals surface area contributed by atoms with Crippen LogP contribution in [0.1, 0.15) is 25.3 Å². The van der Waals surface area contributed by atoms with Gasteiger partial charge < -0.3 is 19.1 Å². The topological polar surface area (TPSA) is 58.8 Å². The summed E-state index contributed by atoms with van der Waals surface area (Å²) in [4.78, 5) is 16.9. The third-order valence-electron chi connectivity index (χ3n) is 4.64. The van der Waals surface area contributed by atoms with E-state index in [1.165, 1.54) is 0 Å². The van der Waals surface area contributed by atoms with Gasteiger partial charge in [-0.1, -0.05) is 5.16 Å². The quantitative estimate of drug-likeness (QED) is 0.854. The Labute approximate surface area is 148 Å². The summed E-state index contributed by atoms with van der Waals surface area (Å²) in [6.45, 7) is 8.34. The van der Waals surface area contributed by atoms with Crippen LogP contribution in [0.15, 0.2) is 34.9 Å². The molecular weight excluding hydrogens is 318 g/mol. The molecular formula is C19H25N3O3. The van der Waals surface area contributed by atoms with Crippen LogP contribution in [0.3, 0.4) is 0 Å². The van der Waals surface area contributed by atoms with E-state index in [9.17, 15) is 4.79 Å². The van der Waals surface area contributed by atoms with E-state index >= 15 is 0 Å². The molecule has 2 heterocycles. The summed E-state index contributed by atoms with van der Waals surface area (Å²) < 4.78 is 10.4. The molecule has 1 aromatic carbocycles. The fraction of sp³-hybridized carbons (Fsp3) is 0.474. The smallest absolute Gasteiger partial charge is 0.230 e. The van der Waals surface area contributed by atoms with Crippen molar-refractivity contribution < 1.29 is 14.1 Å². The molecule has 0 saturated carbocycles. The zero-order chi connectivity index (χ0) is 18.0. The summed E-state index contributed by atoms with van der Waals surface area (Å²) in [6.07, 6.45) is 0.263. The molecule has 1 amide bonds. The highest BCUT2D eigenvalue weighted by Crippen LogP contribution is 2.29. The van der Waals surface area contributed by atoms with Crippen LogP contribution in [0.25, 0.3) is 0 Å². The first kappa shape index (κ1) is 17.3. The van der Waals surface area contributed by atoms with E-state index in [1.807, 2.05) is 30.0 Å². The maximum absolute atomic E-state index is 12.6. The summed E-state index contributed by atoms with van der Waals surface area (Å²) >= 11 is 0. The minimum Gasteiger partial charge on any atom is -0.497 e. The average Bonchev–Trinajstić information content (AvgIpc) is 2.99. The number of rotatable bonds is 4. The third-order valence-corrected chi connectivity index (χ3v) is 4.64. The Kier molecular flexibility index (Phi) is 4.70. The average molecular weight is 343 g/mol. The molecule has 0 atom stereocenters. The molecule has 1 aromatic heterocycles. The minimum absolute atomic E-state index is 0.0820. The van der Waals surface area contributed by atoms with Crippen molar-refractivity contribution in [3.05, 3.63) is 41.8 Å². The monoisotopic (exact) mass is 343 g/mol. The van der Waals surface area contributed by atoms with Crippen LogP contribution in [0, 0.1) is 6.92 Å². The number of anilines is 1. The van der Waals surface area contributed by atoms with Crippen LogP contribution < -0.4 is 9.64 Å². The largest absolute Gasteiger partial charge is 0.497 e. The second-order valence-electron chi connectivity index (χ2n) is 7.09. The highest BCUT2D eigenvalue weighted by atomic mass is 16.5. The van der Waals surface area contributed by atoms with Gasteiger partial charge in [-0.15, -0.1) is 0 Å². The van der Waals surface area contributed by atoms with E-state index in [1.54, 1.807) is 7.11 Å². The molecule has 2 aromatic rings. The van der Waals surface area contributed by atoms with E-state index in [-0.39, 0.29) is 17.9 Å². The van der Waals surface area contributed by atoms with Crippen molar-refractivity contribution in [1.29, 1.82) is 0 Å². The molecule has 0 bridgehead atoms. The lowest BCUT2D eigenvalue weighted by Gasteiger charge is -2.48. The maximum Gasteiger partial charge on any atom is 0.230 e. The predicted molar refractivity (Wildman–Crippen MR) is 95.9 cm³/mol. The second-order valence-corrected chi connectivity index (χ2v) is 7.09. The number of carbonyl (C=O) groups excluding carboxylic acids is 1. The molecule has 0 aliphatic carbocycles. The zero-order valence-corrected chi connectivity index (χ0v) is 15.3. The fourth-order valence-electron chi connectivity index (χ4n) is 3.37. The van der Waals surface area contributed by atoms with Gasteiger partial charge in [0, 0.05) is 31.4 Å². The van der Waals surface area contributed by atoms with Crippen molar-refractivity contribution in [2.75, 3.05) is 31.6 Å².